The van der Waals surface area contributed by atoms with E-state index in [1.54, 1.807) is 36.8 Å². The topological polar surface area (TPSA) is 78.8 Å². The number of aryl methyl sites for hydroxylation is 1. The molecule has 1 N–H and O–H groups in total. The number of halogens is 3. The Morgan fingerprint density at radius 1 is 1.07 bits per heavy atom. The lowest BCUT2D eigenvalue weighted by atomic mass is 10.1. The maximum Gasteiger partial charge on any atom is 0.437 e. The van der Waals surface area contributed by atoms with Crippen molar-refractivity contribution in [2.45, 2.75) is 37.0 Å². The first-order valence-corrected chi connectivity index (χ1v) is 10.6. The third-order valence-electron chi connectivity index (χ3n) is 4.59. The van der Waals surface area contributed by atoms with Crippen LogP contribution in [0.5, 0.6) is 0 Å². The molecule has 0 aliphatic carbocycles. The molecule has 0 fully saturated rings. The minimum Gasteiger partial charge on any atom is -0.293 e. The lowest BCUT2D eigenvalue weighted by Gasteiger charge is -2.28. The van der Waals surface area contributed by atoms with Crippen LogP contribution >= 0.6 is 0 Å². The fourth-order valence-electron chi connectivity index (χ4n) is 3.08. The Morgan fingerprint density at radius 3 is 2.20 bits per heavy atom. The molecule has 30 heavy (non-hydrogen) atoms. The molecule has 0 saturated carbocycles. The zero-order valence-electron chi connectivity index (χ0n) is 16.3. The molecular weight excluding hydrogens is 419 g/mol. The first-order chi connectivity index (χ1) is 14.0. The molecule has 1 aliphatic heterocycles. The van der Waals surface area contributed by atoms with Gasteiger partial charge in [0, 0.05) is 12.1 Å². The number of rotatable bonds is 6. The number of carbonyl (C=O) groups excluding carboxylic acids is 1. The van der Waals surface area contributed by atoms with E-state index in [1.165, 1.54) is 36.4 Å². The van der Waals surface area contributed by atoms with Gasteiger partial charge >= 0.3 is 11.8 Å². The molecule has 0 radical (unpaired) electrons. The number of alkyl halides is 3. The SMILES string of the molecule is CCCN1C(=O)[C@](NS(=O)(=O)c2ccc(C)cc2)(C(F)(F)F)N=C1c1ccccc1. The molecule has 0 saturated heterocycles. The minimum atomic E-state index is -5.30. The van der Waals surface area contributed by atoms with Gasteiger partial charge in [0.15, 0.2) is 0 Å². The highest BCUT2D eigenvalue weighted by molar-refractivity contribution is 7.89. The van der Waals surface area contributed by atoms with Gasteiger partial charge in [-0.2, -0.15) is 17.9 Å². The second kappa shape index (κ2) is 7.84. The standard InChI is InChI=1S/C20H20F3N3O3S/c1-3-13-26-17(15-7-5-4-6-8-15)24-19(18(26)27,20(21,22)23)25-30(28,29)16-11-9-14(2)10-12-16/h4-12,25H,3,13H2,1-2H3/t19-/m0/s1. The Labute approximate surface area is 172 Å². The van der Waals surface area contributed by atoms with Crippen LogP contribution in [0.2, 0.25) is 0 Å². The van der Waals surface area contributed by atoms with Gasteiger partial charge in [-0.15, -0.1) is 0 Å². The molecule has 0 unspecified atom stereocenters. The van der Waals surface area contributed by atoms with Crippen molar-refractivity contribution >= 4 is 21.8 Å². The maximum atomic E-state index is 14.2. The number of nitrogens with one attached hydrogen (secondary N) is 1. The zero-order valence-corrected chi connectivity index (χ0v) is 17.1. The van der Waals surface area contributed by atoms with Crippen LogP contribution < -0.4 is 4.72 Å². The second-order valence-corrected chi connectivity index (χ2v) is 8.57. The van der Waals surface area contributed by atoms with Gasteiger partial charge in [0.2, 0.25) is 10.0 Å². The highest BCUT2D eigenvalue weighted by Gasteiger charge is 2.67. The summed E-state index contributed by atoms with van der Waals surface area (Å²) in [5.74, 6) is -1.71. The van der Waals surface area contributed by atoms with Gasteiger partial charge in [-0.25, -0.2) is 13.4 Å². The molecule has 0 bridgehead atoms. The number of benzene rings is 2. The summed E-state index contributed by atoms with van der Waals surface area (Å²) < 4.78 is 69.7. The van der Waals surface area contributed by atoms with Crippen molar-refractivity contribution in [3.8, 4) is 0 Å². The average Bonchev–Trinajstić information content (AvgIpc) is 2.96. The largest absolute Gasteiger partial charge is 0.437 e. The number of amides is 1. The summed E-state index contributed by atoms with van der Waals surface area (Å²) in [6, 6.07) is 13.1. The van der Waals surface area contributed by atoms with Crippen molar-refractivity contribution in [1.29, 1.82) is 0 Å². The van der Waals surface area contributed by atoms with Crippen LogP contribution in [0, 0.1) is 6.92 Å². The summed E-state index contributed by atoms with van der Waals surface area (Å²) >= 11 is 0. The van der Waals surface area contributed by atoms with E-state index < -0.39 is 32.7 Å². The molecule has 160 valence electrons. The quantitative estimate of drug-likeness (QED) is 0.751. The normalized spacial score (nSPS) is 19.8. The van der Waals surface area contributed by atoms with Crippen LogP contribution in [0.3, 0.4) is 0 Å². The lowest BCUT2D eigenvalue weighted by Crippen LogP contribution is -2.63. The van der Waals surface area contributed by atoms with E-state index in [0.29, 0.717) is 6.42 Å². The van der Waals surface area contributed by atoms with E-state index in [2.05, 4.69) is 4.99 Å². The minimum absolute atomic E-state index is 0.0450. The lowest BCUT2D eigenvalue weighted by molar-refractivity contribution is -0.194. The van der Waals surface area contributed by atoms with Crippen molar-refractivity contribution in [3.05, 3.63) is 65.7 Å². The van der Waals surface area contributed by atoms with E-state index in [1.807, 2.05) is 0 Å². The third-order valence-corrected chi connectivity index (χ3v) is 6.04. The predicted octanol–water partition coefficient (Wildman–Crippen LogP) is 3.23. The Balaban J connectivity index is 2.16. The van der Waals surface area contributed by atoms with Gasteiger partial charge in [-0.05, 0) is 25.5 Å². The fourth-order valence-corrected chi connectivity index (χ4v) is 4.33. The van der Waals surface area contributed by atoms with Gasteiger partial charge in [0.25, 0.3) is 5.91 Å². The summed E-state index contributed by atoms with van der Waals surface area (Å²) in [7, 11) is -4.70. The van der Waals surface area contributed by atoms with Crippen LogP contribution in [0.4, 0.5) is 13.2 Å². The van der Waals surface area contributed by atoms with E-state index in [-0.39, 0.29) is 17.9 Å². The Morgan fingerprint density at radius 2 is 1.67 bits per heavy atom. The van der Waals surface area contributed by atoms with Crippen LogP contribution in [0.1, 0.15) is 24.5 Å². The van der Waals surface area contributed by atoms with Gasteiger partial charge in [-0.1, -0.05) is 55.0 Å². The number of amidine groups is 1. The number of nitrogens with zero attached hydrogens (tertiary/aromatic N) is 2. The van der Waals surface area contributed by atoms with Gasteiger partial charge in [0.05, 0.1) is 4.90 Å². The highest BCUT2D eigenvalue weighted by Crippen LogP contribution is 2.39. The summed E-state index contributed by atoms with van der Waals surface area (Å²) in [6.07, 6.45) is -4.94. The van der Waals surface area contributed by atoms with Crippen molar-refractivity contribution in [1.82, 2.24) is 9.62 Å². The monoisotopic (exact) mass is 439 g/mol. The van der Waals surface area contributed by atoms with Crippen molar-refractivity contribution in [2.75, 3.05) is 6.54 Å². The molecule has 1 heterocycles. The molecule has 2 aromatic carbocycles. The van der Waals surface area contributed by atoms with Crippen molar-refractivity contribution in [3.63, 3.8) is 0 Å². The summed E-state index contributed by atoms with van der Waals surface area (Å²) in [5, 5.41) is 0. The molecule has 1 aliphatic rings. The molecule has 10 heteroatoms. The number of hydrogen-bond acceptors (Lipinski definition) is 4. The molecule has 6 nitrogen and oxygen atoms in total. The van der Waals surface area contributed by atoms with Crippen molar-refractivity contribution in [2.24, 2.45) is 4.99 Å². The highest BCUT2D eigenvalue weighted by atomic mass is 32.2. The van der Waals surface area contributed by atoms with E-state index in [0.717, 1.165) is 10.5 Å². The number of carbonyl (C=O) groups is 1. The Hall–Kier alpha value is -2.72. The number of sulfonamides is 1. The molecule has 0 aromatic heterocycles. The van der Waals surface area contributed by atoms with Gasteiger partial charge in [-0.3, -0.25) is 9.69 Å². The maximum absolute atomic E-state index is 14.2. The van der Waals surface area contributed by atoms with E-state index in [9.17, 15) is 26.4 Å². The molecule has 3 rings (SSSR count). The first kappa shape index (κ1) is 22.0. The van der Waals surface area contributed by atoms with E-state index >= 15 is 0 Å². The number of hydrogen-bond donors (Lipinski definition) is 1. The summed E-state index contributed by atoms with van der Waals surface area (Å²) in [4.78, 5) is 17.1. The van der Waals surface area contributed by atoms with Gasteiger partial charge in [0.1, 0.15) is 5.84 Å². The molecular formula is C20H20F3N3O3S. The zero-order chi connectivity index (χ0) is 22.2. The smallest absolute Gasteiger partial charge is 0.293 e. The summed E-state index contributed by atoms with van der Waals surface area (Å²) in [5.41, 5.74) is -2.63. The number of aliphatic imine (C=N–C) groups is 1. The summed E-state index contributed by atoms with van der Waals surface area (Å²) in [6.45, 7) is 3.36. The third kappa shape index (κ3) is 3.84. The van der Waals surface area contributed by atoms with E-state index in [4.69, 9.17) is 0 Å². The van der Waals surface area contributed by atoms with Crippen LogP contribution in [0.15, 0.2) is 64.5 Å². The van der Waals surface area contributed by atoms with Crippen LogP contribution in [-0.2, 0) is 14.8 Å². The fraction of sp³-hybridized carbons (Fsp3) is 0.300. The Kier molecular flexibility index (Phi) is 5.74. The van der Waals surface area contributed by atoms with Gasteiger partial charge < -0.3 is 0 Å². The molecule has 1 amide bonds. The van der Waals surface area contributed by atoms with Crippen LogP contribution in [0.25, 0.3) is 0 Å². The molecule has 2 aromatic rings. The first-order valence-electron chi connectivity index (χ1n) is 9.16. The molecule has 1 atom stereocenters. The van der Waals surface area contributed by atoms with Crippen LogP contribution in [-0.4, -0.2) is 43.4 Å². The average molecular weight is 439 g/mol. The Bertz CT molecular complexity index is 1070. The molecule has 0 spiro atoms. The van der Waals surface area contributed by atoms with Crippen molar-refractivity contribution < 1.29 is 26.4 Å². The predicted molar refractivity (Wildman–Crippen MR) is 105 cm³/mol. The second-order valence-electron chi connectivity index (χ2n) is 6.88.